The van der Waals surface area contributed by atoms with Crippen LogP contribution in [0.2, 0.25) is 0 Å². The van der Waals surface area contributed by atoms with Crippen LogP contribution in [0, 0.1) is 11.6 Å². The standard InChI is InChI=1S/C12H15F2NO2/c1-2-3-7-10(12(16)17)15-11-8(13)5-4-6-9(11)14/h4-6,10,15H,2-3,7H2,1H3,(H,16,17). The van der Waals surface area contributed by atoms with Crippen LogP contribution in [0.4, 0.5) is 14.5 Å². The first-order chi connectivity index (χ1) is 8.06. The van der Waals surface area contributed by atoms with Gasteiger partial charge in [-0.05, 0) is 18.6 Å². The lowest BCUT2D eigenvalue weighted by Crippen LogP contribution is -2.30. The fraction of sp³-hybridized carbons (Fsp3) is 0.417. The van der Waals surface area contributed by atoms with E-state index in [1.54, 1.807) is 0 Å². The van der Waals surface area contributed by atoms with E-state index in [9.17, 15) is 13.6 Å². The number of rotatable bonds is 6. The van der Waals surface area contributed by atoms with E-state index in [0.29, 0.717) is 12.8 Å². The normalized spacial score (nSPS) is 12.2. The van der Waals surface area contributed by atoms with E-state index in [4.69, 9.17) is 5.11 Å². The van der Waals surface area contributed by atoms with Gasteiger partial charge in [0, 0.05) is 0 Å². The van der Waals surface area contributed by atoms with Gasteiger partial charge < -0.3 is 10.4 Å². The molecule has 2 N–H and O–H groups in total. The molecule has 1 atom stereocenters. The molecule has 1 aromatic carbocycles. The molecule has 0 fully saturated rings. The number of unbranched alkanes of at least 4 members (excludes halogenated alkanes) is 1. The van der Waals surface area contributed by atoms with Crippen molar-refractivity contribution in [2.75, 3.05) is 5.32 Å². The van der Waals surface area contributed by atoms with Crippen molar-refractivity contribution in [1.29, 1.82) is 0 Å². The number of hydrogen-bond donors (Lipinski definition) is 2. The van der Waals surface area contributed by atoms with E-state index < -0.39 is 23.6 Å². The van der Waals surface area contributed by atoms with Crippen molar-refractivity contribution in [1.82, 2.24) is 0 Å². The molecule has 0 spiro atoms. The van der Waals surface area contributed by atoms with E-state index in [1.807, 2.05) is 6.92 Å². The van der Waals surface area contributed by atoms with Crippen molar-refractivity contribution >= 4 is 11.7 Å². The van der Waals surface area contributed by atoms with Crippen molar-refractivity contribution in [3.05, 3.63) is 29.8 Å². The maximum atomic E-state index is 13.3. The Morgan fingerprint density at radius 1 is 1.41 bits per heavy atom. The van der Waals surface area contributed by atoms with Gasteiger partial charge >= 0.3 is 5.97 Å². The van der Waals surface area contributed by atoms with Gasteiger partial charge in [-0.15, -0.1) is 0 Å². The maximum Gasteiger partial charge on any atom is 0.326 e. The molecule has 0 aliphatic heterocycles. The van der Waals surface area contributed by atoms with Gasteiger partial charge in [0.15, 0.2) is 0 Å². The fourth-order valence-electron chi connectivity index (χ4n) is 1.48. The second kappa shape index (κ2) is 6.18. The van der Waals surface area contributed by atoms with Crippen molar-refractivity contribution in [2.24, 2.45) is 0 Å². The van der Waals surface area contributed by atoms with Crippen molar-refractivity contribution in [3.63, 3.8) is 0 Å². The molecule has 0 saturated carbocycles. The summed E-state index contributed by atoms with van der Waals surface area (Å²) >= 11 is 0. The molecule has 5 heteroatoms. The van der Waals surface area contributed by atoms with Crippen LogP contribution in [0.5, 0.6) is 0 Å². The minimum atomic E-state index is -1.11. The number of aliphatic carboxylic acids is 1. The zero-order valence-electron chi connectivity index (χ0n) is 9.54. The highest BCUT2D eigenvalue weighted by Crippen LogP contribution is 2.20. The van der Waals surface area contributed by atoms with Crippen LogP contribution >= 0.6 is 0 Å². The van der Waals surface area contributed by atoms with Crippen LogP contribution < -0.4 is 5.32 Å². The minimum absolute atomic E-state index is 0.333. The summed E-state index contributed by atoms with van der Waals surface area (Å²) in [6.45, 7) is 1.92. The molecule has 3 nitrogen and oxygen atoms in total. The lowest BCUT2D eigenvalue weighted by molar-refractivity contribution is -0.138. The molecule has 0 radical (unpaired) electrons. The van der Waals surface area contributed by atoms with E-state index >= 15 is 0 Å². The Bertz CT molecular complexity index is 376. The van der Waals surface area contributed by atoms with E-state index in [1.165, 1.54) is 6.07 Å². The highest BCUT2D eigenvalue weighted by atomic mass is 19.1. The summed E-state index contributed by atoms with van der Waals surface area (Å²) in [4.78, 5) is 10.9. The van der Waals surface area contributed by atoms with Crippen molar-refractivity contribution in [3.8, 4) is 0 Å². The molecule has 0 bridgehead atoms. The number of halogens is 2. The van der Waals surface area contributed by atoms with E-state index in [2.05, 4.69) is 5.32 Å². The first kappa shape index (κ1) is 13.4. The van der Waals surface area contributed by atoms with Gasteiger partial charge in [-0.25, -0.2) is 13.6 Å². The molecule has 94 valence electrons. The summed E-state index contributed by atoms with van der Waals surface area (Å²) in [6, 6.07) is 2.44. The minimum Gasteiger partial charge on any atom is -0.480 e. The summed E-state index contributed by atoms with van der Waals surface area (Å²) in [7, 11) is 0. The van der Waals surface area contributed by atoms with Crippen molar-refractivity contribution < 1.29 is 18.7 Å². The van der Waals surface area contributed by atoms with Crippen LogP contribution in [-0.2, 0) is 4.79 Å². The molecule has 0 saturated heterocycles. The molecule has 1 aromatic rings. The number of carbonyl (C=O) groups is 1. The Morgan fingerprint density at radius 2 is 2.00 bits per heavy atom. The van der Waals surface area contributed by atoms with E-state index in [-0.39, 0.29) is 5.69 Å². The van der Waals surface area contributed by atoms with Gasteiger partial charge in [0.25, 0.3) is 0 Å². The Kier molecular flexibility index (Phi) is 4.87. The molecular formula is C12H15F2NO2. The molecule has 1 rings (SSSR count). The Labute approximate surface area is 98.5 Å². The zero-order valence-corrected chi connectivity index (χ0v) is 9.54. The molecular weight excluding hydrogens is 228 g/mol. The van der Waals surface area contributed by atoms with Crippen LogP contribution in [0.25, 0.3) is 0 Å². The number of carboxylic acid groups (broad SMARTS) is 1. The maximum absolute atomic E-state index is 13.3. The molecule has 0 amide bonds. The summed E-state index contributed by atoms with van der Waals surface area (Å²) in [6.07, 6.45) is 1.84. The van der Waals surface area contributed by atoms with Crippen LogP contribution in [0.3, 0.4) is 0 Å². The number of anilines is 1. The summed E-state index contributed by atoms with van der Waals surface area (Å²) in [5.41, 5.74) is -0.379. The zero-order chi connectivity index (χ0) is 12.8. The molecule has 0 aliphatic carbocycles. The Morgan fingerprint density at radius 3 is 2.47 bits per heavy atom. The fourth-order valence-corrected chi connectivity index (χ4v) is 1.48. The third-order valence-corrected chi connectivity index (χ3v) is 2.43. The van der Waals surface area contributed by atoms with Gasteiger partial charge in [0.2, 0.25) is 0 Å². The second-order valence-corrected chi connectivity index (χ2v) is 3.77. The third-order valence-electron chi connectivity index (χ3n) is 2.43. The highest BCUT2D eigenvalue weighted by Gasteiger charge is 2.19. The molecule has 0 aliphatic rings. The summed E-state index contributed by atoms with van der Waals surface area (Å²) in [5, 5.41) is 11.3. The quantitative estimate of drug-likeness (QED) is 0.807. The molecule has 1 unspecified atom stereocenters. The lowest BCUT2D eigenvalue weighted by atomic mass is 10.1. The van der Waals surface area contributed by atoms with Gasteiger partial charge in [-0.1, -0.05) is 25.8 Å². The largest absolute Gasteiger partial charge is 0.480 e. The number of para-hydroxylation sites is 1. The predicted molar refractivity (Wildman–Crippen MR) is 60.9 cm³/mol. The lowest BCUT2D eigenvalue weighted by Gasteiger charge is -2.16. The number of nitrogens with one attached hydrogen (secondary N) is 1. The summed E-state index contributed by atoms with van der Waals surface area (Å²) < 4.78 is 26.6. The van der Waals surface area contributed by atoms with Gasteiger partial charge in [0.1, 0.15) is 23.4 Å². The van der Waals surface area contributed by atoms with E-state index in [0.717, 1.165) is 18.6 Å². The first-order valence-corrected chi connectivity index (χ1v) is 5.49. The first-order valence-electron chi connectivity index (χ1n) is 5.49. The van der Waals surface area contributed by atoms with Gasteiger partial charge in [-0.2, -0.15) is 0 Å². The van der Waals surface area contributed by atoms with Gasteiger partial charge in [0.05, 0.1) is 0 Å². The smallest absolute Gasteiger partial charge is 0.326 e. The third kappa shape index (κ3) is 3.69. The number of hydrogen-bond acceptors (Lipinski definition) is 2. The number of carboxylic acids is 1. The van der Waals surface area contributed by atoms with Crippen LogP contribution in [-0.4, -0.2) is 17.1 Å². The summed E-state index contributed by atoms with van der Waals surface area (Å²) in [5.74, 6) is -2.68. The average Bonchev–Trinajstić information content (AvgIpc) is 2.27. The average molecular weight is 243 g/mol. The predicted octanol–water partition coefficient (Wildman–Crippen LogP) is 3.02. The topological polar surface area (TPSA) is 49.3 Å². The molecule has 17 heavy (non-hydrogen) atoms. The Balaban J connectivity index is 2.82. The van der Waals surface area contributed by atoms with Gasteiger partial charge in [-0.3, -0.25) is 0 Å². The molecule has 0 heterocycles. The Hall–Kier alpha value is -1.65. The van der Waals surface area contributed by atoms with Crippen LogP contribution in [0.15, 0.2) is 18.2 Å². The SMILES string of the molecule is CCCCC(Nc1c(F)cccc1F)C(=O)O. The number of benzene rings is 1. The second-order valence-electron chi connectivity index (χ2n) is 3.77. The monoisotopic (exact) mass is 243 g/mol. The van der Waals surface area contributed by atoms with Crippen LogP contribution in [0.1, 0.15) is 26.2 Å². The highest BCUT2D eigenvalue weighted by molar-refractivity contribution is 5.77. The molecule has 0 aromatic heterocycles. The van der Waals surface area contributed by atoms with Crippen molar-refractivity contribution in [2.45, 2.75) is 32.2 Å².